The molecule has 0 N–H and O–H groups in total. The van der Waals surface area contributed by atoms with E-state index in [2.05, 4.69) is 12.2 Å². The maximum atomic E-state index is 12.8. The Morgan fingerprint density at radius 2 is 1.81 bits per heavy atom. The molecule has 1 aliphatic heterocycles. The summed E-state index contributed by atoms with van der Waals surface area (Å²) in [6.45, 7) is 2.25. The monoisotopic (exact) mass is 358 g/mol. The van der Waals surface area contributed by atoms with E-state index in [1.165, 1.54) is 0 Å². The number of amides is 2. The summed E-state index contributed by atoms with van der Waals surface area (Å²) in [5, 5.41) is 0. The maximum Gasteiger partial charge on any atom is 0.257 e. The summed E-state index contributed by atoms with van der Waals surface area (Å²) in [5.74, 6) is 1.65. The molecule has 3 rings (SSSR count). The van der Waals surface area contributed by atoms with Crippen LogP contribution in [0.5, 0.6) is 11.5 Å². The third-order valence-electron chi connectivity index (χ3n) is 5.11. The molecule has 0 spiro atoms. The van der Waals surface area contributed by atoms with Crippen molar-refractivity contribution >= 4 is 11.8 Å². The van der Waals surface area contributed by atoms with Crippen molar-refractivity contribution in [3.05, 3.63) is 35.9 Å². The van der Waals surface area contributed by atoms with Gasteiger partial charge in [0.15, 0.2) is 0 Å². The van der Waals surface area contributed by atoms with E-state index in [4.69, 9.17) is 9.47 Å². The molecule has 0 aromatic heterocycles. The first-order chi connectivity index (χ1) is 12.6. The summed E-state index contributed by atoms with van der Waals surface area (Å²) in [5.41, 5.74) is 0.518. The van der Waals surface area contributed by atoms with E-state index in [0.29, 0.717) is 55.6 Å². The fraction of sp³-hybridized carbons (Fsp3) is 0.500. The molecule has 1 atom stereocenters. The second-order valence-electron chi connectivity index (χ2n) is 6.71. The second kappa shape index (κ2) is 8.25. The average molecular weight is 358 g/mol. The highest BCUT2D eigenvalue weighted by molar-refractivity contribution is 5.97. The lowest BCUT2D eigenvalue weighted by molar-refractivity contribution is -0.133. The predicted octanol–water partition coefficient (Wildman–Crippen LogP) is 2.34. The zero-order valence-corrected chi connectivity index (χ0v) is 15.4. The third kappa shape index (κ3) is 4.00. The van der Waals surface area contributed by atoms with Gasteiger partial charge in [0, 0.05) is 38.7 Å². The topological polar surface area (TPSA) is 59.1 Å². The van der Waals surface area contributed by atoms with Crippen LogP contribution in [-0.4, -0.2) is 62.0 Å². The Kier molecular flexibility index (Phi) is 5.81. The lowest BCUT2D eigenvalue weighted by Gasteiger charge is -2.35. The van der Waals surface area contributed by atoms with E-state index in [1.54, 1.807) is 37.3 Å². The minimum atomic E-state index is -0.0738. The summed E-state index contributed by atoms with van der Waals surface area (Å²) in [4.78, 5) is 28.9. The van der Waals surface area contributed by atoms with Crippen molar-refractivity contribution < 1.29 is 19.1 Å². The molecule has 1 aliphatic carbocycles. The summed E-state index contributed by atoms with van der Waals surface area (Å²) in [6.07, 6.45) is 7.02. The second-order valence-corrected chi connectivity index (χ2v) is 6.71. The van der Waals surface area contributed by atoms with Crippen LogP contribution >= 0.6 is 0 Å². The summed E-state index contributed by atoms with van der Waals surface area (Å²) in [7, 11) is 3.12. The molecule has 26 heavy (non-hydrogen) atoms. The van der Waals surface area contributed by atoms with Crippen LogP contribution in [0, 0.1) is 5.92 Å². The molecule has 0 saturated carbocycles. The molecule has 0 radical (unpaired) electrons. The van der Waals surface area contributed by atoms with Gasteiger partial charge < -0.3 is 19.3 Å². The van der Waals surface area contributed by atoms with Crippen LogP contribution in [-0.2, 0) is 4.79 Å². The number of allylic oxidation sites excluding steroid dienone is 2. The number of methoxy groups -OCH3 is 2. The standard InChI is InChI=1S/C20H26N2O4/c1-25-16-7-8-17(18(14-16)26-2)20(24)22-11-9-21(10-12-22)19(23)13-15-5-3-4-6-15/h3,5,7-8,14-15H,4,6,9-13H2,1-2H3/t15-/m0/s1. The Morgan fingerprint density at radius 1 is 1.08 bits per heavy atom. The molecule has 140 valence electrons. The Morgan fingerprint density at radius 3 is 2.42 bits per heavy atom. The number of rotatable bonds is 5. The van der Waals surface area contributed by atoms with E-state index in [9.17, 15) is 9.59 Å². The van der Waals surface area contributed by atoms with Gasteiger partial charge in [-0.2, -0.15) is 0 Å². The average Bonchev–Trinajstić information content (AvgIpc) is 3.20. The number of hydrogen-bond acceptors (Lipinski definition) is 4. The highest BCUT2D eigenvalue weighted by Crippen LogP contribution is 2.26. The van der Waals surface area contributed by atoms with Gasteiger partial charge in [-0.25, -0.2) is 0 Å². The van der Waals surface area contributed by atoms with E-state index in [-0.39, 0.29) is 11.8 Å². The van der Waals surface area contributed by atoms with Crippen LogP contribution in [0.25, 0.3) is 0 Å². The minimum Gasteiger partial charge on any atom is -0.497 e. The molecule has 0 unspecified atom stereocenters. The van der Waals surface area contributed by atoms with Crippen molar-refractivity contribution in [3.8, 4) is 11.5 Å². The predicted molar refractivity (Wildman–Crippen MR) is 98.5 cm³/mol. The molecule has 1 saturated heterocycles. The van der Waals surface area contributed by atoms with Gasteiger partial charge >= 0.3 is 0 Å². The molecule has 1 aromatic rings. The van der Waals surface area contributed by atoms with E-state index < -0.39 is 0 Å². The normalized spacial score (nSPS) is 19.5. The molecule has 6 nitrogen and oxygen atoms in total. The molecule has 6 heteroatoms. The molecular formula is C20H26N2O4. The lowest BCUT2D eigenvalue weighted by Crippen LogP contribution is -2.50. The number of carbonyl (C=O) groups excluding carboxylic acids is 2. The molecule has 1 heterocycles. The van der Waals surface area contributed by atoms with Gasteiger partial charge in [-0.1, -0.05) is 12.2 Å². The zero-order chi connectivity index (χ0) is 18.5. The van der Waals surface area contributed by atoms with Gasteiger partial charge in [-0.3, -0.25) is 9.59 Å². The highest BCUT2D eigenvalue weighted by Gasteiger charge is 2.27. The highest BCUT2D eigenvalue weighted by atomic mass is 16.5. The number of benzene rings is 1. The Balaban J connectivity index is 1.58. The van der Waals surface area contributed by atoms with Crippen molar-refractivity contribution in [1.29, 1.82) is 0 Å². The maximum absolute atomic E-state index is 12.8. The zero-order valence-electron chi connectivity index (χ0n) is 15.4. The third-order valence-corrected chi connectivity index (χ3v) is 5.11. The first-order valence-corrected chi connectivity index (χ1v) is 9.08. The fourth-order valence-corrected chi connectivity index (χ4v) is 3.52. The molecule has 1 fully saturated rings. The van der Waals surface area contributed by atoms with Crippen LogP contribution in [0.4, 0.5) is 0 Å². The SMILES string of the molecule is COc1ccc(C(=O)N2CCN(C(=O)C[C@H]3C=CCC3)CC2)c(OC)c1. The van der Waals surface area contributed by atoms with E-state index >= 15 is 0 Å². The molecular weight excluding hydrogens is 332 g/mol. The van der Waals surface area contributed by atoms with Gasteiger partial charge in [0.2, 0.25) is 5.91 Å². The number of carbonyl (C=O) groups is 2. The fourth-order valence-electron chi connectivity index (χ4n) is 3.52. The smallest absolute Gasteiger partial charge is 0.257 e. The van der Waals surface area contributed by atoms with Crippen molar-refractivity contribution in [3.63, 3.8) is 0 Å². The summed E-state index contributed by atoms with van der Waals surface area (Å²) < 4.78 is 10.5. The van der Waals surface area contributed by atoms with Gasteiger partial charge in [0.1, 0.15) is 11.5 Å². The minimum absolute atomic E-state index is 0.0738. The Bertz CT molecular complexity index is 693. The van der Waals surface area contributed by atoms with Crippen LogP contribution in [0.15, 0.2) is 30.4 Å². The van der Waals surface area contributed by atoms with Crippen molar-refractivity contribution in [1.82, 2.24) is 9.80 Å². The van der Waals surface area contributed by atoms with Crippen molar-refractivity contribution in [2.24, 2.45) is 5.92 Å². The van der Waals surface area contributed by atoms with Crippen molar-refractivity contribution in [2.45, 2.75) is 19.3 Å². The first-order valence-electron chi connectivity index (χ1n) is 9.08. The Hall–Kier alpha value is -2.50. The quantitative estimate of drug-likeness (QED) is 0.758. The van der Waals surface area contributed by atoms with Gasteiger partial charge in [0.05, 0.1) is 19.8 Å². The lowest BCUT2D eigenvalue weighted by atomic mass is 10.0. The number of piperazine rings is 1. The van der Waals surface area contributed by atoms with Crippen LogP contribution in [0.3, 0.4) is 0 Å². The summed E-state index contributed by atoms with van der Waals surface area (Å²) in [6, 6.07) is 5.19. The Labute approximate surface area is 154 Å². The van der Waals surface area contributed by atoms with Gasteiger partial charge in [-0.05, 0) is 30.9 Å². The van der Waals surface area contributed by atoms with Crippen LogP contribution in [0.1, 0.15) is 29.6 Å². The van der Waals surface area contributed by atoms with E-state index in [0.717, 1.165) is 12.8 Å². The van der Waals surface area contributed by atoms with Crippen LogP contribution < -0.4 is 9.47 Å². The molecule has 1 aromatic carbocycles. The van der Waals surface area contributed by atoms with Gasteiger partial charge in [0.25, 0.3) is 5.91 Å². The first kappa shape index (κ1) is 18.3. The molecule has 2 aliphatic rings. The number of hydrogen-bond donors (Lipinski definition) is 0. The summed E-state index contributed by atoms with van der Waals surface area (Å²) >= 11 is 0. The van der Waals surface area contributed by atoms with E-state index in [1.807, 2.05) is 4.90 Å². The molecule has 2 amide bonds. The van der Waals surface area contributed by atoms with Gasteiger partial charge in [-0.15, -0.1) is 0 Å². The molecule has 0 bridgehead atoms. The number of ether oxygens (including phenoxy) is 2. The van der Waals surface area contributed by atoms with Crippen molar-refractivity contribution in [2.75, 3.05) is 40.4 Å². The number of nitrogens with zero attached hydrogens (tertiary/aromatic N) is 2. The largest absolute Gasteiger partial charge is 0.497 e. The van der Waals surface area contributed by atoms with Crippen LogP contribution in [0.2, 0.25) is 0 Å².